The molecule has 3 heteroatoms. The van der Waals surface area contributed by atoms with Gasteiger partial charge in [0.15, 0.2) is 0 Å². The van der Waals surface area contributed by atoms with Crippen molar-refractivity contribution in [2.75, 3.05) is 19.7 Å². The van der Waals surface area contributed by atoms with Gasteiger partial charge in [-0.1, -0.05) is 39.0 Å². The maximum Gasteiger partial charge on any atom is 0.124 e. The zero-order chi connectivity index (χ0) is 15.0. The molecule has 0 bridgehead atoms. The van der Waals surface area contributed by atoms with Crippen LogP contribution in [0, 0.1) is 5.92 Å². The van der Waals surface area contributed by atoms with Crippen LogP contribution in [0.3, 0.4) is 0 Å². The molecule has 0 radical (unpaired) electrons. The predicted octanol–water partition coefficient (Wildman–Crippen LogP) is 3.22. The summed E-state index contributed by atoms with van der Waals surface area (Å²) in [5, 5.41) is 3.77. The average Bonchev–Trinajstić information content (AvgIpc) is 2.90. The molecule has 2 heterocycles. The summed E-state index contributed by atoms with van der Waals surface area (Å²) < 4.78 is 5.93. The van der Waals surface area contributed by atoms with Crippen LogP contribution in [0.5, 0.6) is 5.75 Å². The van der Waals surface area contributed by atoms with Crippen LogP contribution in [0.4, 0.5) is 0 Å². The lowest BCUT2D eigenvalue weighted by Crippen LogP contribution is -2.64. The van der Waals surface area contributed by atoms with E-state index in [4.69, 9.17) is 4.74 Å². The highest BCUT2D eigenvalue weighted by atomic mass is 16.5. The van der Waals surface area contributed by atoms with Gasteiger partial charge in [0.2, 0.25) is 0 Å². The SMILES string of the molecule is CCC1(C)CN(C2COc3ccccc32)C(C(C)C)CN1. The summed E-state index contributed by atoms with van der Waals surface area (Å²) in [6, 6.07) is 9.50. The van der Waals surface area contributed by atoms with Crippen molar-refractivity contribution < 1.29 is 4.74 Å². The van der Waals surface area contributed by atoms with Crippen molar-refractivity contribution >= 4 is 0 Å². The Kier molecular flexibility index (Phi) is 3.98. The Bertz CT molecular complexity index is 502. The zero-order valence-electron chi connectivity index (χ0n) is 13.7. The van der Waals surface area contributed by atoms with Gasteiger partial charge in [-0.25, -0.2) is 0 Å². The molecule has 3 atom stereocenters. The molecule has 1 saturated heterocycles. The Morgan fingerprint density at radius 1 is 1.38 bits per heavy atom. The Hall–Kier alpha value is -1.06. The summed E-state index contributed by atoms with van der Waals surface area (Å²) >= 11 is 0. The first-order valence-corrected chi connectivity index (χ1v) is 8.26. The second kappa shape index (κ2) is 5.62. The summed E-state index contributed by atoms with van der Waals surface area (Å²) in [7, 11) is 0. The lowest BCUT2D eigenvalue weighted by atomic mass is 9.88. The molecule has 1 N–H and O–H groups in total. The number of nitrogens with zero attached hydrogens (tertiary/aromatic N) is 1. The maximum atomic E-state index is 5.93. The fraction of sp³-hybridized carbons (Fsp3) is 0.667. The van der Waals surface area contributed by atoms with E-state index in [1.54, 1.807) is 0 Å². The largest absolute Gasteiger partial charge is 0.491 e. The van der Waals surface area contributed by atoms with E-state index < -0.39 is 0 Å². The summed E-state index contributed by atoms with van der Waals surface area (Å²) in [4.78, 5) is 2.69. The van der Waals surface area contributed by atoms with Gasteiger partial charge in [-0.05, 0) is 25.3 Å². The second-order valence-electron chi connectivity index (χ2n) is 7.14. The smallest absolute Gasteiger partial charge is 0.124 e. The number of para-hydroxylation sites is 1. The molecule has 2 aliphatic heterocycles. The normalized spacial score (nSPS) is 33.0. The molecule has 3 nitrogen and oxygen atoms in total. The van der Waals surface area contributed by atoms with Crippen LogP contribution < -0.4 is 10.1 Å². The van der Waals surface area contributed by atoms with E-state index in [2.05, 4.69) is 62.2 Å². The van der Waals surface area contributed by atoms with Crippen molar-refractivity contribution in [3.63, 3.8) is 0 Å². The Morgan fingerprint density at radius 3 is 2.86 bits per heavy atom. The first-order chi connectivity index (χ1) is 10.0. The third kappa shape index (κ3) is 2.69. The van der Waals surface area contributed by atoms with E-state index in [1.807, 2.05) is 0 Å². The highest BCUT2D eigenvalue weighted by molar-refractivity contribution is 5.39. The van der Waals surface area contributed by atoms with Gasteiger partial charge in [-0.2, -0.15) is 0 Å². The first-order valence-electron chi connectivity index (χ1n) is 8.26. The number of hydrogen-bond donors (Lipinski definition) is 1. The number of nitrogens with one attached hydrogen (secondary N) is 1. The van der Waals surface area contributed by atoms with Crippen molar-refractivity contribution in [2.24, 2.45) is 5.92 Å². The number of fused-ring (bicyclic) bond motifs is 1. The van der Waals surface area contributed by atoms with Gasteiger partial charge >= 0.3 is 0 Å². The summed E-state index contributed by atoms with van der Waals surface area (Å²) in [6.07, 6.45) is 1.16. The summed E-state index contributed by atoms with van der Waals surface area (Å²) in [6.45, 7) is 12.2. The van der Waals surface area contributed by atoms with E-state index in [0.29, 0.717) is 18.0 Å². The van der Waals surface area contributed by atoms with E-state index in [9.17, 15) is 0 Å². The molecule has 3 unspecified atom stereocenters. The van der Waals surface area contributed by atoms with E-state index in [-0.39, 0.29) is 5.54 Å². The molecule has 21 heavy (non-hydrogen) atoms. The van der Waals surface area contributed by atoms with Crippen molar-refractivity contribution in [2.45, 2.75) is 51.7 Å². The van der Waals surface area contributed by atoms with Crippen molar-refractivity contribution in [3.8, 4) is 5.75 Å². The Labute approximate surface area is 128 Å². The average molecular weight is 288 g/mol. The lowest BCUT2D eigenvalue weighted by molar-refractivity contribution is 0.0170. The van der Waals surface area contributed by atoms with Gasteiger partial charge in [0.05, 0.1) is 6.04 Å². The zero-order valence-corrected chi connectivity index (χ0v) is 13.7. The molecular formula is C18H28N2O. The van der Waals surface area contributed by atoms with Crippen molar-refractivity contribution in [3.05, 3.63) is 29.8 Å². The molecule has 0 aliphatic carbocycles. The number of hydrogen-bond acceptors (Lipinski definition) is 3. The van der Waals surface area contributed by atoms with Gasteiger partial charge in [0.25, 0.3) is 0 Å². The number of benzene rings is 1. The number of piperazine rings is 1. The van der Waals surface area contributed by atoms with Crippen LogP contribution in [0.1, 0.15) is 45.7 Å². The molecule has 0 saturated carbocycles. The van der Waals surface area contributed by atoms with Crippen LogP contribution >= 0.6 is 0 Å². The molecule has 2 aliphatic rings. The van der Waals surface area contributed by atoms with Gasteiger partial charge in [-0.15, -0.1) is 0 Å². The van der Waals surface area contributed by atoms with Crippen molar-refractivity contribution in [1.82, 2.24) is 10.2 Å². The third-order valence-electron chi connectivity index (χ3n) is 5.32. The number of ether oxygens (including phenoxy) is 1. The highest BCUT2D eigenvalue weighted by Gasteiger charge is 2.41. The molecule has 0 spiro atoms. The molecule has 1 aromatic carbocycles. The van der Waals surface area contributed by atoms with E-state index >= 15 is 0 Å². The Morgan fingerprint density at radius 2 is 2.14 bits per heavy atom. The molecule has 0 amide bonds. The fourth-order valence-corrected chi connectivity index (χ4v) is 3.66. The monoisotopic (exact) mass is 288 g/mol. The van der Waals surface area contributed by atoms with Crippen molar-refractivity contribution in [1.29, 1.82) is 0 Å². The first kappa shape index (κ1) is 14.9. The minimum Gasteiger partial charge on any atom is -0.491 e. The quantitative estimate of drug-likeness (QED) is 0.924. The molecule has 1 aromatic rings. The van der Waals surface area contributed by atoms with Crippen LogP contribution in [-0.4, -0.2) is 36.2 Å². The molecule has 116 valence electrons. The van der Waals surface area contributed by atoms with Gasteiger partial charge in [0.1, 0.15) is 12.4 Å². The summed E-state index contributed by atoms with van der Waals surface area (Å²) in [5.74, 6) is 1.72. The summed E-state index contributed by atoms with van der Waals surface area (Å²) in [5.41, 5.74) is 1.58. The predicted molar refractivity (Wildman–Crippen MR) is 86.7 cm³/mol. The third-order valence-corrected chi connectivity index (χ3v) is 5.32. The lowest BCUT2D eigenvalue weighted by Gasteiger charge is -2.49. The Balaban J connectivity index is 1.90. The van der Waals surface area contributed by atoms with E-state index in [0.717, 1.165) is 31.9 Å². The molecular weight excluding hydrogens is 260 g/mol. The molecule has 0 aromatic heterocycles. The molecule has 1 fully saturated rings. The topological polar surface area (TPSA) is 24.5 Å². The van der Waals surface area contributed by atoms with Gasteiger partial charge in [-0.3, -0.25) is 4.90 Å². The molecule has 3 rings (SSSR count). The minimum atomic E-state index is 0.211. The van der Waals surface area contributed by atoms with E-state index in [1.165, 1.54) is 5.56 Å². The van der Waals surface area contributed by atoms with Crippen LogP contribution in [0.2, 0.25) is 0 Å². The highest BCUT2D eigenvalue weighted by Crippen LogP contribution is 2.39. The van der Waals surface area contributed by atoms with Gasteiger partial charge in [0, 0.05) is 30.2 Å². The van der Waals surface area contributed by atoms with Gasteiger partial charge < -0.3 is 10.1 Å². The standard InChI is InChI=1S/C18H28N2O/c1-5-18(4)12-20(15(10-19-18)13(2)3)16-11-21-17-9-7-6-8-14(16)17/h6-9,13,15-16,19H,5,10-12H2,1-4H3. The number of rotatable bonds is 3. The van der Waals surface area contributed by atoms with Crippen LogP contribution in [-0.2, 0) is 0 Å². The maximum absolute atomic E-state index is 5.93. The van der Waals surface area contributed by atoms with Crippen LogP contribution in [0.25, 0.3) is 0 Å². The minimum absolute atomic E-state index is 0.211. The van der Waals surface area contributed by atoms with Crippen LogP contribution in [0.15, 0.2) is 24.3 Å². The fourth-order valence-electron chi connectivity index (χ4n) is 3.66. The second-order valence-corrected chi connectivity index (χ2v) is 7.14.